The third-order valence-electron chi connectivity index (χ3n) is 10.6. The van der Waals surface area contributed by atoms with E-state index in [-0.39, 0.29) is 46.5 Å². The second kappa shape index (κ2) is 18.8. The van der Waals surface area contributed by atoms with Crippen LogP contribution in [0.4, 0.5) is 0 Å². The van der Waals surface area contributed by atoms with Crippen LogP contribution in [0.5, 0.6) is 0 Å². The molecule has 6 rings (SSSR count). The molecule has 0 radical (unpaired) electrons. The Morgan fingerprint density at radius 3 is 1.12 bits per heavy atom. The van der Waals surface area contributed by atoms with Crippen molar-refractivity contribution in [1.82, 2.24) is 0 Å². The summed E-state index contributed by atoms with van der Waals surface area (Å²) in [6.07, 6.45) is 5.81. The van der Waals surface area contributed by atoms with Gasteiger partial charge in [-0.3, -0.25) is 6.08 Å². The summed E-state index contributed by atoms with van der Waals surface area (Å²) >= 11 is 1.46. The second-order valence-electron chi connectivity index (χ2n) is 20.7. The Kier molecular flexibility index (Phi) is 16.8. The Morgan fingerprint density at radius 2 is 0.875 bits per heavy atom. The molecule has 0 spiro atoms. The molecular weight excluding hydrogens is 815 g/mol. The van der Waals surface area contributed by atoms with Crippen molar-refractivity contribution in [2.24, 2.45) is 5.92 Å². The van der Waals surface area contributed by atoms with Crippen LogP contribution in [0.25, 0.3) is 21.5 Å². The van der Waals surface area contributed by atoms with Gasteiger partial charge in [-0.25, -0.2) is 10.8 Å². The number of hydrogen-bond acceptors (Lipinski definition) is 0. The first kappa shape index (κ1) is 49.9. The van der Waals surface area contributed by atoms with Gasteiger partial charge in [-0.1, -0.05) is 116 Å². The normalized spacial score (nSPS) is 14.7. The Bertz CT molecular complexity index is 2010. The summed E-state index contributed by atoms with van der Waals surface area (Å²) in [6, 6.07) is 34.3. The first-order valence-corrected chi connectivity index (χ1v) is 24.7. The van der Waals surface area contributed by atoms with Crippen LogP contribution in [0.2, 0.25) is 19.6 Å². The topological polar surface area (TPSA) is 0 Å². The minimum absolute atomic E-state index is 0. The Labute approximate surface area is 370 Å². The van der Waals surface area contributed by atoms with Gasteiger partial charge >= 0.3 is 151 Å². The maximum absolute atomic E-state index is 3.43. The Balaban J connectivity index is 0.000000300. The van der Waals surface area contributed by atoms with E-state index in [9.17, 15) is 0 Å². The number of fused-ring (bicyclic) bond motifs is 3. The molecule has 4 heteroatoms. The summed E-state index contributed by atoms with van der Waals surface area (Å²) in [6.45, 7) is 38.8. The molecule has 56 heavy (non-hydrogen) atoms. The SMILES string of the molecule is CC(C)(C)c1ccc([C](=[Zr+2])c2ccc(C(C)(C)C)cc2)cc1.CC(C)(C)c1ccc2c(c1)[cH-]c1cc(C(C)(C)C)ccc12.CC1=[C-]C(C)C=C1[Si](C)(C)C.[Cl-].[Cl-]. The second-order valence-corrected chi connectivity index (χ2v) is 26.9. The first-order chi connectivity index (χ1) is 24.7. The van der Waals surface area contributed by atoms with Gasteiger partial charge in [0.05, 0.1) is 0 Å². The number of benzene rings is 4. The van der Waals surface area contributed by atoms with Crippen LogP contribution in [0.15, 0.2) is 108 Å². The van der Waals surface area contributed by atoms with Gasteiger partial charge in [0.15, 0.2) is 0 Å². The van der Waals surface area contributed by atoms with Crippen molar-refractivity contribution in [3.8, 4) is 0 Å². The van der Waals surface area contributed by atoms with Crippen LogP contribution in [0, 0.1) is 12.0 Å². The molecule has 0 bridgehead atoms. The van der Waals surface area contributed by atoms with E-state index >= 15 is 0 Å². The van der Waals surface area contributed by atoms with Crippen LogP contribution in [0.1, 0.15) is 130 Å². The van der Waals surface area contributed by atoms with Gasteiger partial charge in [0.25, 0.3) is 0 Å². The molecule has 0 heterocycles. The standard InChI is InChI=1S/C21H25.C21H26.C10H17Si.2ClH.Zr/c1-20(2,3)16-7-9-18-14(12-16)11-15-13-17(21(4,5)6)8-10-19(15)18;1-20(2,3)18-11-7-16(8-12-18)15-17-9-13-19(14-10-17)21(4,5)6;1-8-6-9(2)10(7-8)11(3,4)5;;;/h7-13H,1-6H3;7-14H,1-6H3;7-8H,1-5H3;2*1H;/q-1;;-1;;;+2/p-2. The van der Waals surface area contributed by atoms with Crippen molar-refractivity contribution < 1.29 is 49.0 Å². The summed E-state index contributed by atoms with van der Waals surface area (Å²) in [4.78, 5) is 0. The zero-order chi connectivity index (χ0) is 40.6. The van der Waals surface area contributed by atoms with Crippen LogP contribution >= 0.6 is 0 Å². The zero-order valence-corrected chi connectivity index (χ0v) is 42.5. The number of hydrogen-bond donors (Lipinski definition) is 0. The minimum Gasteiger partial charge on any atom is -1.00 e. The molecular formula is C52H68Cl2SiZr-2. The van der Waals surface area contributed by atoms with Crippen molar-refractivity contribution >= 4 is 32.8 Å². The van der Waals surface area contributed by atoms with Gasteiger partial charge in [-0.2, -0.15) is 6.08 Å². The van der Waals surface area contributed by atoms with Gasteiger partial charge in [0.1, 0.15) is 0 Å². The number of rotatable bonds is 3. The molecule has 1 atom stereocenters. The van der Waals surface area contributed by atoms with Gasteiger partial charge in [-0.05, 0) is 18.9 Å². The Morgan fingerprint density at radius 1 is 0.554 bits per heavy atom. The van der Waals surface area contributed by atoms with Crippen molar-refractivity contribution in [3.05, 3.63) is 147 Å². The van der Waals surface area contributed by atoms with E-state index in [0.29, 0.717) is 5.92 Å². The fourth-order valence-electron chi connectivity index (χ4n) is 7.04. The van der Waals surface area contributed by atoms with E-state index in [2.05, 4.69) is 220 Å². The number of allylic oxidation sites excluding steroid dienone is 4. The molecule has 1 aliphatic carbocycles. The molecule has 0 saturated carbocycles. The summed E-state index contributed by atoms with van der Waals surface area (Å²) in [5, 5.41) is 7.08. The van der Waals surface area contributed by atoms with Gasteiger partial charge in [0.2, 0.25) is 0 Å². The van der Waals surface area contributed by atoms with Crippen molar-refractivity contribution in [1.29, 1.82) is 0 Å². The molecule has 1 aliphatic rings. The van der Waals surface area contributed by atoms with E-state index in [1.807, 2.05) is 0 Å². The predicted octanol–water partition coefficient (Wildman–Crippen LogP) is 8.90. The predicted molar refractivity (Wildman–Crippen MR) is 241 cm³/mol. The first-order valence-electron chi connectivity index (χ1n) is 19.9. The fraction of sp³-hybridized carbons (Fsp3) is 0.423. The molecule has 5 aromatic rings. The minimum atomic E-state index is -1.07. The van der Waals surface area contributed by atoms with Gasteiger partial charge in [0, 0.05) is 0 Å². The van der Waals surface area contributed by atoms with E-state index < -0.39 is 8.07 Å². The summed E-state index contributed by atoms with van der Waals surface area (Å²) in [7, 11) is -1.07. The van der Waals surface area contributed by atoms with Crippen LogP contribution < -0.4 is 24.8 Å². The van der Waals surface area contributed by atoms with E-state index in [0.717, 1.165) is 0 Å². The van der Waals surface area contributed by atoms with Crippen LogP contribution in [-0.4, -0.2) is 11.3 Å². The quantitative estimate of drug-likeness (QED) is 0.126. The van der Waals surface area contributed by atoms with Crippen LogP contribution in [-0.2, 0) is 45.9 Å². The average Bonchev–Trinajstić information content (AvgIpc) is 3.61. The van der Waals surface area contributed by atoms with Gasteiger partial charge < -0.3 is 24.8 Å². The molecule has 1 unspecified atom stereocenters. The number of halogens is 2. The van der Waals surface area contributed by atoms with E-state index in [4.69, 9.17) is 0 Å². The van der Waals surface area contributed by atoms with Crippen molar-refractivity contribution in [3.63, 3.8) is 0 Å². The molecule has 0 amide bonds. The monoisotopic (exact) mass is 880 g/mol. The fourth-order valence-corrected chi connectivity index (χ4v) is 9.81. The zero-order valence-electron chi connectivity index (χ0n) is 37.6. The summed E-state index contributed by atoms with van der Waals surface area (Å²) in [5.74, 6) is 0.553. The Hall–Kier alpha value is -2.22. The third-order valence-corrected chi connectivity index (χ3v) is 14.2. The van der Waals surface area contributed by atoms with E-state index in [1.165, 1.54) is 87.9 Å². The molecule has 0 aromatic heterocycles. The van der Waals surface area contributed by atoms with Crippen molar-refractivity contribution in [2.45, 2.75) is 138 Å². The molecule has 300 valence electrons. The largest absolute Gasteiger partial charge is 1.00 e. The third kappa shape index (κ3) is 12.9. The molecule has 0 fully saturated rings. The molecule has 0 nitrogen and oxygen atoms in total. The van der Waals surface area contributed by atoms with E-state index in [1.54, 1.807) is 5.20 Å². The average molecular weight is 883 g/mol. The van der Waals surface area contributed by atoms with Crippen LogP contribution in [0.3, 0.4) is 0 Å². The molecule has 0 aliphatic heterocycles. The summed E-state index contributed by atoms with van der Waals surface area (Å²) in [5.41, 5.74) is 10.5. The maximum atomic E-state index is 3.43. The molecule has 0 saturated heterocycles. The van der Waals surface area contributed by atoms with Crippen molar-refractivity contribution in [2.75, 3.05) is 0 Å². The molecule has 0 N–H and O–H groups in total. The smallest absolute Gasteiger partial charge is 0.0112 e. The summed E-state index contributed by atoms with van der Waals surface area (Å²) < 4.78 is 1.42. The van der Waals surface area contributed by atoms with Gasteiger partial charge in [-0.15, -0.1) is 39.7 Å². The molecule has 5 aromatic carbocycles. The maximum Gasteiger partial charge on any atom is -0.0112 e.